The van der Waals surface area contributed by atoms with Crippen LogP contribution < -0.4 is 5.32 Å². The molecule has 1 heterocycles. The van der Waals surface area contributed by atoms with Crippen LogP contribution in [0.15, 0.2) is 0 Å². The van der Waals surface area contributed by atoms with Gasteiger partial charge in [-0.15, -0.1) is 0 Å². The van der Waals surface area contributed by atoms with Crippen LogP contribution in [0.4, 0.5) is 0 Å². The molecule has 96 valence electrons. The molecule has 0 amide bonds. The van der Waals surface area contributed by atoms with Gasteiger partial charge in [0.05, 0.1) is 0 Å². The van der Waals surface area contributed by atoms with Crippen molar-refractivity contribution in [3.05, 3.63) is 0 Å². The third kappa shape index (κ3) is 4.81. The molecule has 0 aromatic carbocycles. The first-order chi connectivity index (χ1) is 7.63. The van der Waals surface area contributed by atoms with Gasteiger partial charge in [0, 0.05) is 12.1 Å². The van der Waals surface area contributed by atoms with Gasteiger partial charge in [-0.2, -0.15) is 0 Å². The van der Waals surface area contributed by atoms with Crippen LogP contribution in [-0.4, -0.2) is 62.7 Å². The molecular weight excluding hydrogens is 198 g/mol. The summed E-state index contributed by atoms with van der Waals surface area (Å²) < 4.78 is 0. The zero-order valence-corrected chi connectivity index (χ0v) is 11.5. The Morgan fingerprint density at radius 1 is 1.38 bits per heavy atom. The van der Waals surface area contributed by atoms with Crippen molar-refractivity contribution in [2.24, 2.45) is 0 Å². The standard InChI is InChI=1S/C13H29N3/c1-12(14-2)6-5-9-16(4)13-7-10-15(3)11-8-13/h12-14H,5-11H2,1-4H3. The van der Waals surface area contributed by atoms with E-state index in [9.17, 15) is 0 Å². The van der Waals surface area contributed by atoms with Gasteiger partial charge in [-0.3, -0.25) is 0 Å². The van der Waals surface area contributed by atoms with Crippen LogP contribution in [-0.2, 0) is 0 Å². The second kappa shape index (κ2) is 7.25. The Kier molecular flexibility index (Phi) is 6.32. The lowest BCUT2D eigenvalue weighted by Crippen LogP contribution is -2.42. The minimum atomic E-state index is 0.658. The molecule has 0 aromatic rings. The summed E-state index contributed by atoms with van der Waals surface area (Å²) in [6.07, 6.45) is 5.28. The Morgan fingerprint density at radius 3 is 2.56 bits per heavy atom. The monoisotopic (exact) mass is 227 g/mol. The number of hydrogen-bond donors (Lipinski definition) is 1. The molecule has 16 heavy (non-hydrogen) atoms. The molecule has 0 aromatic heterocycles. The molecule has 3 heteroatoms. The molecule has 3 nitrogen and oxygen atoms in total. The number of hydrogen-bond acceptors (Lipinski definition) is 3. The summed E-state index contributed by atoms with van der Waals surface area (Å²) >= 11 is 0. The molecule has 1 aliphatic rings. The van der Waals surface area contributed by atoms with E-state index < -0.39 is 0 Å². The second-order valence-electron chi connectivity index (χ2n) is 5.35. The van der Waals surface area contributed by atoms with E-state index in [-0.39, 0.29) is 0 Å². The zero-order valence-electron chi connectivity index (χ0n) is 11.5. The Bertz CT molecular complexity index is 176. The van der Waals surface area contributed by atoms with E-state index in [1.54, 1.807) is 0 Å². The normalized spacial score (nSPS) is 21.6. The SMILES string of the molecule is CNC(C)CCCN(C)C1CCN(C)CC1. The van der Waals surface area contributed by atoms with Crippen molar-refractivity contribution in [3.63, 3.8) is 0 Å². The van der Waals surface area contributed by atoms with Gasteiger partial charge in [0.1, 0.15) is 0 Å². The van der Waals surface area contributed by atoms with Crippen LogP contribution in [0.1, 0.15) is 32.6 Å². The molecule has 1 rings (SSSR count). The molecule has 1 N–H and O–H groups in total. The maximum absolute atomic E-state index is 3.30. The minimum absolute atomic E-state index is 0.658. The van der Waals surface area contributed by atoms with Crippen LogP contribution >= 0.6 is 0 Å². The second-order valence-corrected chi connectivity index (χ2v) is 5.35. The first-order valence-corrected chi connectivity index (χ1v) is 6.69. The molecule has 1 aliphatic heterocycles. The number of nitrogens with zero attached hydrogens (tertiary/aromatic N) is 2. The van der Waals surface area contributed by atoms with E-state index in [1.165, 1.54) is 45.3 Å². The molecule has 0 aliphatic carbocycles. The van der Waals surface area contributed by atoms with Crippen molar-refractivity contribution in [2.45, 2.75) is 44.7 Å². The van der Waals surface area contributed by atoms with Crippen LogP contribution in [0.3, 0.4) is 0 Å². The smallest absolute Gasteiger partial charge is 0.0117 e. The van der Waals surface area contributed by atoms with Crippen molar-refractivity contribution < 1.29 is 0 Å². The van der Waals surface area contributed by atoms with Gasteiger partial charge in [0.2, 0.25) is 0 Å². The predicted octanol–water partition coefficient (Wildman–Crippen LogP) is 1.40. The Labute approximate surface area is 101 Å². The first-order valence-electron chi connectivity index (χ1n) is 6.69. The molecule has 1 fully saturated rings. The van der Waals surface area contributed by atoms with E-state index in [1.807, 2.05) is 7.05 Å². The summed E-state index contributed by atoms with van der Waals surface area (Å²) in [4.78, 5) is 5.00. The summed E-state index contributed by atoms with van der Waals surface area (Å²) in [6.45, 7) is 6.04. The third-order valence-electron chi connectivity index (χ3n) is 3.95. The minimum Gasteiger partial charge on any atom is -0.317 e. The quantitative estimate of drug-likeness (QED) is 0.740. The van der Waals surface area contributed by atoms with Crippen molar-refractivity contribution in [3.8, 4) is 0 Å². The predicted molar refractivity (Wildman–Crippen MR) is 70.9 cm³/mol. The van der Waals surface area contributed by atoms with Crippen LogP contribution in [0.2, 0.25) is 0 Å². The summed E-state index contributed by atoms with van der Waals surface area (Å²) in [6, 6.07) is 1.48. The molecule has 0 saturated carbocycles. The van der Waals surface area contributed by atoms with Crippen LogP contribution in [0.25, 0.3) is 0 Å². The van der Waals surface area contributed by atoms with E-state index in [0.29, 0.717) is 6.04 Å². The van der Waals surface area contributed by atoms with Gasteiger partial charge >= 0.3 is 0 Å². The molecular formula is C13H29N3. The number of rotatable bonds is 6. The van der Waals surface area contributed by atoms with Crippen molar-refractivity contribution in [1.82, 2.24) is 15.1 Å². The lowest BCUT2D eigenvalue weighted by Gasteiger charge is -2.35. The molecule has 0 radical (unpaired) electrons. The van der Waals surface area contributed by atoms with Gasteiger partial charge in [0.25, 0.3) is 0 Å². The average Bonchev–Trinajstić information content (AvgIpc) is 2.29. The Balaban J connectivity index is 2.12. The van der Waals surface area contributed by atoms with Gasteiger partial charge in [-0.25, -0.2) is 0 Å². The van der Waals surface area contributed by atoms with Crippen molar-refractivity contribution in [1.29, 1.82) is 0 Å². The van der Waals surface area contributed by atoms with E-state index in [2.05, 4.69) is 36.1 Å². The first kappa shape index (κ1) is 13.9. The summed E-state index contributed by atoms with van der Waals surface area (Å²) in [5.74, 6) is 0. The Hall–Kier alpha value is -0.120. The zero-order chi connectivity index (χ0) is 12.0. The highest BCUT2D eigenvalue weighted by Crippen LogP contribution is 2.14. The fourth-order valence-corrected chi connectivity index (χ4v) is 2.41. The van der Waals surface area contributed by atoms with Gasteiger partial charge in [0.15, 0.2) is 0 Å². The molecule has 0 bridgehead atoms. The fourth-order valence-electron chi connectivity index (χ4n) is 2.41. The van der Waals surface area contributed by atoms with E-state index >= 15 is 0 Å². The highest BCUT2D eigenvalue weighted by Gasteiger charge is 2.19. The van der Waals surface area contributed by atoms with Crippen LogP contribution in [0.5, 0.6) is 0 Å². The lowest BCUT2D eigenvalue weighted by molar-refractivity contribution is 0.142. The fraction of sp³-hybridized carbons (Fsp3) is 1.00. The topological polar surface area (TPSA) is 18.5 Å². The number of nitrogens with one attached hydrogen (secondary N) is 1. The average molecular weight is 227 g/mol. The van der Waals surface area contributed by atoms with E-state index in [0.717, 1.165) is 6.04 Å². The highest BCUT2D eigenvalue weighted by atomic mass is 15.2. The maximum Gasteiger partial charge on any atom is 0.0117 e. The molecule has 1 saturated heterocycles. The van der Waals surface area contributed by atoms with Gasteiger partial charge in [-0.1, -0.05) is 0 Å². The van der Waals surface area contributed by atoms with Crippen molar-refractivity contribution >= 4 is 0 Å². The third-order valence-corrected chi connectivity index (χ3v) is 3.95. The highest BCUT2D eigenvalue weighted by molar-refractivity contribution is 4.76. The lowest BCUT2D eigenvalue weighted by atomic mass is 10.0. The van der Waals surface area contributed by atoms with Gasteiger partial charge in [-0.05, 0) is 73.4 Å². The summed E-state index contributed by atoms with van der Waals surface area (Å²) in [7, 11) is 6.57. The molecule has 1 unspecified atom stereocenters. The Morgan fingerprint density at radius 2 is 2.00 bits per heavy atom. The van der Waals surface area contributed by atoms with Gasteiger partial charge < -0.3 is 15.1 Å². The summed E-state index contributed by atoms with van der Waals surface area (Å²) in [5, 5.41) is 3.30. The van der Waals surface area contributed by atoms with Crippen LogP contribution in [0, 0.1) is 0 Å². The summed E-state index contributed by atoms with van der Waals surface area (Å²) in [5.41, 5.74) is 0. The molecule has 0 spiro atoms. The maximum atomic E-state index is 3.30. The van der Waals surface area contributed by atoms with E-state index in [4.69, 9.17) is 0 Å². The largest absolute Gasteiger partial charge is 0.317 e. The van der Waals surface area contributed by atoms with Crippen molar-refractivity contribution in [2.75, 3.05) is 40.8 Å². The number of likely N-dealkylation sites (tertiary alicyclic amines) is 1. The molecule has 1 atom stereocenters. The number of piperidine rings is 1.